The molecule has 2 aromatic rings. The number of carbonyl (C=O) groups is 1. The molecule has 6 nitrogen and oxygen atoms in total. The van der Waals surface area contributed by atoms with Crippen molar-refractivity contribution < 1.29 is 26.4 Å². The van der Waals surface area contributed by atoms with Crippen molar-refractivity contribution in [3.05, 3.63) is 65.7 Å². The summed E-state index contributed by atoms with van der Waals surface area (Å²) in [7, 11) is -3.59. The standard InChI is InChI=1S/C17H18F3N3O3S/c18-17(19,20)14-8-4-5-9-15(14)23-16(24)21-10-11-22-27(25,26)12-13-6-2-1-3-7-13/h1-9,22H,10-12H2,(H2,21,23,24). The molecule has 0 aromatic heterocycles. The van der Waals surface area contributed by atoms with Crippen LogP contribution >= 0.6 is 0 Å². The minimum absolute atomic E-state index is 0.0892. The molecule has 0 aliphatic heterocycles. The molecule has 0 saturated heterocycles. The first-order valence-corrected chi connectivity index (χ1v) is 9.55. The van der Waals surface area contributed by atoms with E-state index in [0.29, 0.717) is 5.56 Å². The van der Waals surface area contributed by atoms with Crippen LogP contribution in [0.25, 0.3) is 0 Å². The first-order chi connectivity index (χ1) is 12.7. The normalized spacial score (nSPS) is 11.8. The van der Waals surface area contributed by atoms with E-state index in [1.165, 1.54) is 12.1 Å². The van der Waals surface area contributed by atoms with Crippen LogP contribution in [0.5, 0.6) is 0 Å². The molecule has 2 rings (SSSR count). The average molecular weight is 401 g/mol. The van der Waals surface area contributed by atoms with Gasteiger partial charge in [-0.25, -0.2) is 17.9 Å². The highest BCUT2D eigenvalue weighted by Gasteiger charge is 2.33. The van der Waals surface area contributed by atoms with Crippen LogP contribution in [0, 0.1) is 0 Å². The number of nitrogens with one attached hydrogen (secondary N) is 3. The maximum Gasteiger partial charge on any atom is 0.418 e. The van der Waals surface area contributed by atoms with Gasteiger partial charge in [-0.05, 0) is 17.7 Å². The van der Waals surface area contributed by atoms with Crippen LogP contribution in [0.3, 0.4) is 0 Å². The molecule has 0 saturated carbocycles. The lowest BCUT2D eigenvalue weighted by atomic mass is 10.1. The van der Waals surface area contributed by atoms with Gasteiger partial charge in [-0.3, -0.25) is 0 Å². The van der Waals surface area contributed by atoms with E-state index in [1.807, 2.05) is 0 Å². The first kappa shape index (κ1) is 20.7. The molecule has 0 unspecified atom stereocenters. The van der Waals surface area contributed by atoms with Gasteiger partial charge in [0.1, 0.15) is 0 Å². The van der Waals surface area contributed by atoms with E-state index < -0.39 is 27.8 Å². The number of hydrogen-bond donors (Lipinski definition) is 3. The number of sulfonamides is 1. The molecule has 0 aliphatic carbocycles. The fraction of sp³-hybridized carbons (Fsp3) is 0.235. The molecular weight excluding hydrogens is 383 g/mol. The second-order valence-corrected chi connectivity index (χ2v) is 7.37. The monoisotopic (exact) mass is 401 g/mol. The summed E-state index contributed by atoms with van der Waals surface area (Å²) in [4.78, 5) is 11.7. The van der Waals surface area contributed by atoms with Gasteiger partial charge in [0.2, 0.25) is 10.0 Å². The van der Waals surface area contributed by atoms with E-state index in [0.717, 1.165) is 12.1 Å². The van der Waals surface area contributed by atoms with Gasteiger partial charge in [0.15, 0.2) is 0 Å². The second kappa shape index (κ2) is 8.87. The zero-order valence-electron chi connectivity index (χ0n) is 14.1. The van der Waals surface area contributed by atoms with Crippen molar-refractivity contribution in [2.45, 2.75) is 11.9 Å². The summed E-state index contributed by atoms with van der Waals surface area (Å²) in [5.41, 5.74) is -0.740. The predicted molar refractivity (Wildman–Crippen MR) is 95.5 cm³/mol. The van der Waals surface area contributed by atoms with Gasteiger partial charge in [-0.15, -0.1) is 0 Å². The molecule has 10 heteroatoms. The van der Waals surface area contributed by atoms with E-state index in [1.54, 1.807) is 30.3 Å². The SMILES string of the molecule is O=C(NCCNS(=O)(=O)Cc1ccccc1)Nc1ccccc1C(F)(F)F. The molecule has 0 fully saturated rings. The molecule has 0 aliphatic rings. The molecule has 2 amide bonds. The Morgan fingerprint density at radius 1 is 0.926 bits per heavy atom. The van der Waals surface area contributed by atoms with Crippen molar-refractivity contribution >= 4 is 21.7 Å². The Morgan fingerprint density at radius 2 is 1.56 bits per heavy atom. The molecule has 0 radical (unpaired) electrons. The third-order valence-electron chi connectivity index (χ3n) is 3.41. The molecule has 146 valence electrons. The van der Waals surface area contributed by atoms with E-state index in [4.69, 9.17) is 0 Å². The Balaban J connectivity index is 1.80. The minimum Gasteiger partial charge on any atom is -0.337 e. The fourth-order valence-electron chi connectivity index (χ4n) is 2.23. The summed E-state index contributed by atoms with van der Waals surface area (Å²) >= 11 is 0. The van der Waals surface area contributed by atoms with Crippen molar-refractivity contribution in [1.82, 2.24) is 10.0 Å². The zero-order chi connectivity index (χ0) is 19.9. The summed E-state index contributed by atoms with van der Waals surface area (Å²) in [5, 5.41) is 4.41. The Kier molecular flexibility index (Phi) is 6.81. The lowest BCUT2D eigenvalue weighted by Crippen LogP contribution is -2.37. The molecule has 0 spiro atoms. The number of alkyl halides is 3. The van der Waals surface area contributed by atoms with Gasteiger partial charge < -0.3 is 10.6 Å². The number of amides is 2. The maximum absolute atomic E-state index is 12.9. The lowest BCUT2D eigenvalue weighted by molar-refractivity contribution is -0.136. The van der Waals surface area contributed by atoms with Gasteiger partial charge in [0, 0.05) is 13.1 Å². The number of rotatable bonds is 7. The second-order valence-electron chi connectivity index (χ2n) is 5.56. The number of hydrogen-bond acceptors (Lipinski definition) is 3. The molecule has 2 aromatic carbocycles. The van der Waals surface area contributed by atoms with Gasteiger partial charge in [-0.2, -0.15) is 13.2 Å². The smallest absolute Gasteiger partial charge is 0.337 e. The highest BCUT2D eigenvalue weighted by molar-refractivity contribution is 7.88. The zero-order valence-corrected chi connectivity index (χ0v) is 14.9. The van der Waals surface area contributed by atoms with Crippen molar-refractivity contribution in [3.8, 4) is 0 Å². The summed E-state index contributed by atoms with van der Waals surface area (Å²) in [5.74, 6) is -0.209. The van der Waals surface area contributed by atoms with E-state index in [2.05, 4.69) is 15.4 Å². The molecular formula is C17H18F3N3O3S. The largest absolute Gasteiger partial charge is 0.418 e. The number of anilines is 1. The van der Waals surface area contributed by atoms with E-state index >= 15 is 0 Å². The third-order valence-corrected chi connectivity index (χ3v) is 4.77. The molecule has 3 N–H and O–H groups in total. The summed E-state index contributed by atoms with van der Waals surface area (Å²) in [6.45, 7) is -0.183. The van der Waals surface area contributed by atoms with Crippen LogP contribution in [0.1, 0.15) is 11.1 Å². The number of urea groups is 1. The molecule has 0 atom stereocenters. The van der Waals surface area contributed by atoms with Crippen LogP contribution in [-0.4, -0.2) is 27.5 Å². The average Bonchev–Trinajstić information content (AvgIpc) is 2.59. The Labute approximate surface area is 154 Å². The van der Waals surface area contributed by atoms with Crippen molar-refractivity contribution in [2.24, 2.45) is 0 Å². The summed E-state index contributed by atoms with van der Waals surface area (Å²) in [6.07, 6.45) is -4.60. The van der Waals surface area contributed by atoms with E-state index in [-0.39, 0.29) is 24.5 Å². The van der Waals surface area contributed by atoms with Crippen LogP contribution in [-0.2, 0) is 22.0 Å². The quantitative estimate of drug-likeness (QED) is 0.624. The number of para-hydroxylation sites is 1. The minimum atomic E-state index is -4.60. The number of benzene rings is 2. The fourth-order valence-corrected chi connectivity index (χ4v) is 3.38. The highest BCUT2D eigenvalue weighted by atomic mass is 32.2. The Morgan fingerprint density at radius 3 is 2.22 bits per heavy atom. The number of carbonyl (C=O) groups excluding carboxylic acids is 1. The van der Waals surface area contributed by atoms with Gasteiger partial charge in [-0.1, -0.05) is 42.5 Å². The van der Waals surface area contributed by atoms with Gasteiger partial charge >= 0.3 is 12.2 Å². The number of halogens is 3. The predicted octanol–water partition coefficient (Wildman–Crippen LogP) is 2.95. The third kappa shape index (κ3) is 6.91. The van der Waals surface area contributed by atoms with Gasteiger partial charge in [0.25, 0.3) is 0 Å². The highest BCUT2D eigenvalue weighted by Crippen LogP contribution is 2.34. The molecule has 0 heterocycles. The Bertz CT molecular complexity index is 872. The topological polar surface area (TPSA) is 87.3 Å². The van der Waals surface area contributed by atoms with E-state index in [9.17, 15) is 26.4 Å². The summed E-state index contributed by atoms with van der Waals surface area (Å²) < 4.78 is 64.8. The Hall–Kier alpha value is -2.59. The maximum atomic E-state index is 12.9. The molecule has 0 bridgehead atoms. The van der Waals surface area contributed by atoms with Crippen molar-refractivity contribution in [3.63, 3.8) is 0 Å². The van der Waals surface area contributed by atoms with Crippen LogP contribution in [0.2, 0.25) is 0 Å². The van der Waals surface area contributed by atoms with Crippen molar-refractivity contribution in [1.29, 1.82) is 0 Å². The lowest BCUT2D eigenvalue weighted by Gasteiger charge is -2.14. The van der Waals surface area contributed by atoms with Gasteiger partial charge in [0.05, 0.1) is 17.0 Å². The van der Waals surface area contributed by atoms with Crippen molar-refractivity contribution in [2.75, 3.05) is 18.4 Å². The van der Waals surface area contributed by atoms with Crippen LogP contribution in [0.15, 0.2) is 54.6 Å². The molecule has 27 heavy (non-hydrogen) atoms. The summed E-state index contributed by atoms with van der Waals surface area (Å²) in [6, 6.07) is 12.2. The first-order valence-electron chi connectivity index (χ1n) is 7.90. The van der Waals surface area contributed by atoms with Crippen LogP contribution in [0.4, 0.5) is 23.7 Å². The van der Waals surface area contributed by atoms with Crippen LogP contribution < -0.4 is 15.4 Å².